The van der Waals surface area contributed by atoms with Gasteiger partial charge in [0.05, 0.1) is 17.9 Å². The van der Waals surface area contributed by atoms with E-state index in [2.05, 4.69) is 24.5 Å². The first kappa shape index (κ1) is 25.8. The molecule has 1 aliphatic carbocycles. The van der Waals surface area contributed by atoms with E-state index in [1.54, 1.807) is 4.90 Å². The van der Waals surface area contributed by atoms with Gasteiger partial charge in [-0.25, -0.2) is 0 Å². The monoisotopic (exact) mass is 527 g/mol. The molecule has 0 radical (unpaired) electrons. The molecule has 0 unspecified atom stereocenters. The Morgan fingerprint density at radius 1 is 1.00 bits per heavy atom. The number of benzene rings is 2. The molecule has 2 aromatic carbocycles. The third kappa shape index (κ3) is 4.56. The Balaban J connectivity index is 1.29. The van der Waals surface area contributed by atoms with Gasteiger partial charge in [0.25, 0.3) is 0 Å². The van der Waals surface area contributed by atoms with Crippen LogP contribution >= 0.6 is 0 Å². The second-order valence-electron chi connectivity index (χ2n) is 11.8. The second-order valence-corrected chi connectivity index (χ2v) is 11.8. The lowest BCUT2D eigenvalue weighted by molar-refractivity contribution is -0.142. The Hall–Kier alpha value is -3.45. The van der Waals surface area contributed by atoms with Crippen molar-refractivity contribution in [3.63, 3.8) is 0 Å². The molecule has 3 fully saturated rings. The Morgan fingerprint density at radius 3 is 2.41 bits per heavy atom. The number of ether oxygens (including phenoxy) is 1. The maximum absolute atomic E-state index is 14.1. The minimum Gasteiger partial charge on any atom is -0.359 e. The van der Waals surface area contributed by atoms with Crippen LogP contribution in [0.5, 0.6) is 0 Å². The minimum atomic E-state index is -1.15. The molecule has 0 aromatic heterocycles. The van der Waals surface area contributed by atoms with Gasteiger partial charge in [-0.2, -0.15) is 0 Å². The maximum atomic E-state index is 14.1. The standard InChI is InChI=1S/C32H37N3O4/c1-20(2)22-13-15-24(16-14-22)33-29(36)26-25-17-18-32(39-25)27(26)31(38)35(19-21-9-5-3-6-10-21)28(32)30(37)34-23-11-7-4-8-12-23/h3,5-6,9-10,13-18,20,23,25-28H,4,7-8,11-12,19H2,1-2H3,(H,33,36)(H,34,37)/t25-,26+,27-,28-,32-/m1/s1. The summed E-state index contributed by atoms with van der Waals surface area (Å²) in [4.78, 5) is 43.4. The highest BCUT2D eigenvalue weighted by Crippen LogP contribution is 2.55. The van der Waals surface area contributed by atoms with E-state index in [9.17, 15) is 14.4 Å². The topological polar surface area (TPSA) is 87.7 Å². The van der Waals surface area contributed by atoms with Gasteiger partial charge in [0.2, 0.25) is 17.7 Å². The fourth-order valence-corrected chi connectivity index (χ4v) is 6.92. The molecule has 6 rings (SSSR count). The number of anilines is 1. The predicted molar refractivity (Wildman–Crippen MR) is 149 cm³/mol. The van der Waals surface area contributed by atoms with Gasteiger partial charge < -0.3 is 20.3 Å². The van der Waals surface area contributed by atoms with E-state index in [0.29, 0.717) is 11.6 Å². The van der Waals surface area contributed by atoms with E-state index in [1.807, 2.05) is 66.7 Å². The molecule has 2 bridgehead atoms. The lowest BCUT2D eigenvalue weighted by atomic mass is 9.74. The van der Waals surface area contributed by atoms with Crippen LogP contribution < -0.4 is 10.6 Å². The molecule has 2 N–H and O–H groups in total. The number of carbonyl (C=O) groups excluding carboxylic acids is 3. The Bertz CT molecular complexity index is 1270. The summed E-state index contributed by atoms with van der Waals surface area (Å²) in [5.41, 5.74) is 1.65. The van der Waals surface area contributed by atoms with Gasteiger partial charge in [-0.1, -0.05) is 87.7 Å². The van der Waals surface area contributed by atoms with Gasteiger partial charge in [0.15, 0.2) is 0 Å². The highest BCUT2D eigenvalue weighted by molar-refractivity contribution is 6.02. The van der Waals surface area contributed by atoms with Crippen molar-refractivity contribution >= 4 is 23.4 Å². The zero-order valence-corrected chi connectivity index (χ0v) is 22.6. The molecule has 7 heteroatoms. The number of hydrogen-bond donors (Lipinski definition) is 2. The van der Waals surface area contributed by atoms with E-state index in [4.69, 9.17) is 4.74 Å². The number of hydrogen-bond acceptors (Lipinski definition) is 4. The predicted octanol–water partition coefficient (Wildman–Crippen LogP) is 4.55. The van der Waals surface area contributed by atoms with E-state index in [0.717, 1.165) is 31.2 Å². The van der Waals surface area contributed by atoms with Crippen LogP contribution in [0.15, 0.2) is 66.7 Å². The SMILES string of the molecule is CC(C)c1ccc(NC(=O)[C@H]2[C@H]3C=C[C@@]4(O3)[C@H]2C(=O)N(Cc2ccccc2)[C@@H]4C(=O)NC2CCCCC2)cc1. The number of carbonyl (C=O) groups is 3. The van der Waals surface area contributed by atoms with Crippen LogP contribution in [0.2, 0.25) is 0 Å². The van der Waals surface area contributed by atoms with Crippen molar-refractivity contribution in [2.75, 3.05) is 5.32 Å². The van der Waals surface area contributed by atoms with Crippen molar-refractivity contribution in [1.29, 1.82) is 0 Å². The highest BCUT2D eigenvalue weighted by atomic mass is 16.5. The van der Waals surface area contributed by atoms with Crippen LogP contribution in [0.25, 0.3) is 0 Å². The molecule has 2 aromatic rings. The van der Waals surface area contributed by atoms with Crippen LogP contribution in [0.3, 0.4) is 0 Å². The number of amides is 3. The fourth-order valence-electron chi connectivity index (χ4n) is 6.92. The Morgan fingerprint density at radius 2 is 1.72 bits per heavy atom. The molecule has 7 nitrogen and oxygen atoms in total. The first-order valence-electron chi connectivity index (χ1n) is 14.3. The average Bonchev–Trinajstić information content (AvgIpc) is 3.58. The van der Waals surface area contributed by atoms with E-state index < -0.39 is 29.6 Å². The Kier molecular flexibility index (Phi) is 6.79. The molecular formula is C32H37N3O4. The molecular weight excluding hydrogens is 490 g/mol. The second kappa shape index (κ2) is 10.3. The van der Waals surface area contributed by atoms with Gasteiger partial charge in [-0.05, 0) is 42.0 Å². The summed E-state index contributed by atoms with van der Waals surface area (Å²) in [7, 11) is 0. The first-order valence-corrected chi connectivity index (χ1v) is 14.3. The summed E-state index contributed by atoms with van der Waals surface area (Å²) in [5, 5.41) is 6.25. The van der Waals surface area contributed by atoms with Crippen LogP contribution in [0.1, 0.15) is 63.0 Å². The molecule has 1 saturated carbocycles. The number of nitrogens with one attached hydrogen (secondary N) is 2. The zero-order valence-electron chi connectivity index (χ0n) is 22.6. The molecule has 2 saturated heterocycles. The molecule has 5 atom stereocenters. The van der Waals surface area contributed by atoms with Crippen LogP contribution in [0.4, 0.5) is 5.69 Å². The van der Waals surface area contributed by atoms with Gasteiger partial charge in [0.1, 0.15) is 11.6 Å². The molecule has 3 heterocycles. The lowest BCUT2D eigenvalue weighted by Gasteiger charge is -2.34. The summed E-state index contributed by atoms with van der Waals surface area (Å²) in [5.74, 6) is -1.72. The lowest BCUT2D eigenvalue weighted by Crippen LogP contribution is -2.56. The van der Waals surface area contributed by atoms with Crippen molar-refractivity contribution in [3.05, 3.63) is 77.9 Å². The third-order valence-electron chi connectivity index (χ3n) is 8.92. The smallest absolute Gasteiger partial charge is 0.246 e. The molecule has 1 spiro atoms. The van der Waals surface area contributed by atoms with Crippen molar-refractivity contribution in [1.82, 2.24) is 10.2 Å². The van der Waals surface area contributed by atoms with Gasteiger partial charge in [0, 0.05) is 18.3 Å². The number of likely N-dealkylation sites (tertiary alicyclic amines) is 1. The molecule has 3 aliphatic heterocycles. The molecule has 4 aliphatic rings. The summed E-state index contributed by atoms with van der Waals surface area (Å²) in [6.07, 6.45) is 8.45. The van der Waals surface area contributed by atoms with Crippen molar-refractivity contribution in [2.45, 2.75) is 82.2 Å². The maximum Gasteiger partial charge on any atom is 0.246 e. The van der Waals surface area contributed by atoms with Crippen LogP contribution in [0, 0.1) is 11.8 Å². The van der Waals surface area contributed by atoms with Gasteiger partial charge in [-0.15, -0.1) is 0 Å². The number of rotatable bonds is 7. The van der Waals surface area contributed by atoms with Crippen molar-refractivity contribution in [2.24, 2.45) is 11.8 Å². The normalized spacial score (nSPS) is 29.6. The third-order valence-corrected chi connectivity index (χ3v) is 8.92. The average molecular weight is 528 g/mol. The first-order chi connectivity index (χ1) is 18.9. The summed E-state index contributed by atoms with van der Waals surface area (Å²) in [6.45, 7) is 4.53. The summed E-state index contributed by atoms with van der Waals surface area (Å²) < 4.78 is 6.47. The summed E-state index contributed by atoms with van der Waals surface area (Å²) >= 11 is 0. The van der Waals surface area contributed by atoms with Crippen LogP contribution in [-0.4, -0.2) is 46.4 Å². The quantitative estimate of drug-likeness (QED) is 0.518. The van der Waals surface area contributed by atoms with E-state index in [-0.39, 0.29) is 30.3 Å². The van der Waals surface area contributed by atoms with Gasteiger partial charge >= 0.3 is 0 Å². The summed E-state index contributed by atoms with van der Waals surface area (Å²) in [6, 6.07) is 16.8. The van der Waals surface area contributed by atoms with Crippen LogP contribution in [-0.2, 0) is 25.7 Å². The molecule has 204 valence electrons. The minimum absolute atomic E-state index is 0.103. The Labute approximate surface area is 230 Å². The largest absolute Gasteiger partial charge is 0.359 e. The van der Waals surface area contributed by atoms with Gasteiger partial charge in [-0.3, -0.25) is 14.4 Å². The zero-order chi connectivity index (χ0) is 27.1. The number of fused-ring (bicyclic) bond motifs is 1. The van der Waals surface area contributed by atoms with Crippen molar-refractivity contribution < 1.29 is 19.1 Å². The number of nitrogens with zero attached hydrogens (tertiary/aromatic N) is 1. The fraction of sp³-hybridized carbons (Fsp3) is 0.469. The van der Waals surface area contributed by atoms with E-state index in [1.165, 1.54) is 12.0 Å². The highest BCUT2D eigenvalue weighted by Gasteiger charge is 2.72. The van der Waals surface area contributed by atoms with E-state index >= 15 is 0 Å². The van der Waals surface area contributed by atoms with Crippen molar-refractivity contribution in [3.8, 4) is 0 Å². The molecule has 3 amide bonds. The molecule has 39 heavy (non-hydrogen) atoms.